The molecule has 0 aliphatic carbocycles. The molecule has 0 bridgehead atoms. The lowest BCUT2D eigenvalue weighted by atomic mass is 9.99. The Morgan fingerprint density at radius 2 is 2.36 bits per heavy atom. The SMILES string of the molecule is CNCC1CNc2c(C)ccc(Cl)c21. The first-order valence-electron chi connectivity index (χ1n) is 4.91. The quantitative estimate of drug-likeness (QED) is 0.784. The van der Waals surface area contributed by atoms with Gasteiger partial charge < -0.3 is 10.6 Å². The normalized spacial score (nSPS) is 19.2. The zero-order valence-corrected chi connectivity index (χ0v) is 9.28. The third kappa shape index (κ3) is 1.49. The van der Waals surface area contributed by atoms with Crippen molar-refractivity contribution in [3.05, 3.63) is 28.3 Å². The molecule has 0 saturated carbocycles. The molecule has 0 spiro atoms. The van der Waals surface area contributed by atoms with Crippen molar-refractivity contribution in [3.63, 3.8) is 0 Å². The van der Waals surface area contributed by atoms with Gasteiger partial charge in [0.05, 0.1) is 0 Å². The van der Waals surface area contributed by atoms with Crippen LogP contribution in [0.3, 0.4) is 0 Å². The largest absolute Gasteiger partial charge is 0.384 e. The van der Waals surface area contributed by atoms with E-state index in [2.05, 4.69) is 23.6 Å². The van der Waals surface area contributed by atoms with Crippen LogP contribution in [0.25, 0.3) is 0 Å². The number of likely N-dealkylation sites (N-methyl/N-ethyl adjacent to an activating group) is 1. The Hall–Kier alpha value is -0.730. The Bertz CT molecular complexity index is 349. The van der Waals surface area contributed by atoms with E-state index in [4.69, 9.17) is 11.6 Å². The van der Waals surface area contributed by atoms with Gasteiger partial charge in [0.1, 0.15) is 0 Å². The predicted octanol–water partition coefficient (Wildman–Crippen LogP) is 2.38. The van der Waals surface area contributed by atoms with Gasteiger partial charge in [0.25, 0.3) is 0 Å². The summed E-state index contributed by atoms with van der Waals surface area (Å²) in [6, 6.07) is 4.06. The standard InChI is InChI=1S/C11H15ClN2/c1-7-3-4-9(12)10-8(5-13-2)6-14-11(7)10/h3-4,8,13-14H,5-6H2,1-2H3. The monoisotopic (exact) mass is 210 g/mol. The van der Waals surface area contributed by atoms with Crippen LogP contribution in [0.15, 0.2) is 12.1 Å². The minimum atomic E-state index is 0.502. The third-order valence-electron chi connectivity index (χ3n) is 2.78. The summed E-state index contributed by atoms with van der Waals surface area (Å²) in [5.74, 6) is 0.502. The molecular weight excluding hydrogens is 196 g/mol. The van der Waals surface area contributed by atoms with Gasteiger partial charge in [-0.25, -0.2) is 0 Å². The molecule has 2 rings (SSSR count). The molecule has 3 heteroatoms. The summed E-state index contributed by atoms with van der Waals surface area (Å²) in [7, 11) is 1.97. The van der Waals surface area contributed by atoms with E-state index >= 15 is 0 Å². The number of benzene rings is 1. The van der Waals surface area contributed by atoms with Crippen LogP contribution >= 0.6 is 11.6 Å². The van der Waals surface area contributed by atoms with Crippen molar-refractivity contribution in [2.24, 2.45) is 0 Å². The highest BCUT2D eigenvalue weighted by molar-refractivity contribution is 6.32. The number of halogens is 1. The van der Waals surface area contributed by atoms with Crippen molar-refractivity contribution in [3.8, 4) is 0 Å². The third-order valence-corrected chi connectivity index (χ3v) is 3.11. The molecule has 2 N–H and O–H groups in total. The molecule has 14 heavy (non-hydrogen) atoms. The van der Waals surface area contributed by atoms with Gasteiger partial charge in [-0.1, -0.05) is 17.7 Å². The van der Waals surface area contributed by atoms with Gasteiger partial charge in [0.2, 0.25) is 0 Å². The average Bonchev–Trinajstić information content (AvgIpc) is 2.58. The van der Waals surface area contributed by atoms with Crippen LogP contribution < -0.4 is 10.6 Å². The first kappa shape index (κ1) is 9.81. The van der Waals surface area contributed by atoms with Gasteiger partial charge in [-0.2, -0.15) is 0 Å². The first-order valence-corrected chi connectivity index (χ1v) is 5.29. The van der Waals surface area contributed by atoms with Crippen molar-refractivity contribution < 1.29 is 0 Å². The number of hydrogen-bond acceptors (Lipinski definition) is 2. The molecule has 0 radical (unpaired) electrons. The van der Waals surface area contributed by atoms with Crippen molar-refractivity contribution in [1.29, 1.82) is 0 Å². The van der Waals surface area contributed by atoms with Gasteiger partial charge >= 0.3 is 0 Å². The molecule has 1 aromatic rings. The minimum Gasteiger partial charge on any atom is -0.384 e. The number of anilines is 1. The summed E-state index contributed by atoms with van der Waals surface area (Å²) in [6.45, 7) is 4.08. The summed E-state index contributed by atoms with van der Waals surface area (Å²) in [5, 5.41) is 7.50. The second kappa shape index (κ2) is 3.79. The van der Waals surface area contributed by atoms with E-state index in [-0.39, 0.29) is 0 Å². The molecule has 1 heterocycles. The van der Waals surface area contributed by atoms with Crippen molar-refractivity contribution in [2.45, 2.75) is 12.8 Å². The molecule has 1 atom stereocenters. The summed E-state index contributed by atoms with van der Waals surface area (Å²) in [6.07, 6.45) is 0. The fraction of sp³-hybridized carbons (Fsp3) is 0.455. The topological polar surface area (TPSA) is 24.1 Å². The smallest absolute Gasteiger partial charge is 0.0462 e. The Morgan fingerprint density at radius 1 is 1.57 bits per heavy atom. The van der Waals surface area contributed by atoms with Gasteiger partial charge in [-0.15, -0.1) is 0 Å². The maximum Gasteiger partial charge on any atom is 0.0462 e. The van der Waals surface area contributed by atoms with Crippen LogP contribution in [-0.4, -0.2) is 20.1 Å². The van der Waals surface area contributed by atoms with Crippen LogP contribution in [0.4, 0.5) is 5.69 Å². The number of hydrogen-bond donors (Lipinski definition) is 2. The Kier molecular flexibility index (Phi) is 2.66. The van der Waals surface area contributed by atoms with Gasteiger partial charge in [-0.3, -0.25) is 0 Å². The zero-order chi connectivity index (χ0) is 10.1. The number of fused-ring (bicyclic) bond motifs is 1. The van der Waals surface area contributed by atoms with E-state index in [0.29, 0.717) is 5.92 Å². The maximum absolute atomic E-state index is 6.20. The lowest BCUT2D eigenvalue weighted by Crippen LogP contribution is -2.18. The van der Waals surface area contributed by atoms with Crippen molar-refractivity contribution >= 4 is 17.3 Å². The summed E-state index contributed by atoms with van der Waals surface area (Å²) < 4.78 is 0. The highest BCUT2D eigenvalue weighted by atomic mass is 35.5. The number of rotatable bonds is 2. The molecule has 2 nitrogen and oxygen atoms in total. The minimum absolute atomic E-state index is 0.502. The molecule has 1 aliphatic heterocycles. The van der Waals surface area contributed by atoms with E-state index in [0.717, 1.165) is 18.1 Å². The van der Waals surface area contributed by atoms with E-state index in [1.165, 1.54) is 16.8 Å². The van der Waals surface area contributed by atoms with Crippen molar-refractivity contribution in [2.75, 3.05) is 25.5 Å². The highest BCUT2D eigenvalue weighted by Gasteiger charge is 2.25. The van der Waals surface area contributed by atoms with Crippen LogP contribution in [-0.2, 0) is 0 Å². The van der Waals surface area contributed by atoms with Crippen LogP contribution in [0, 0.1) is 6.92 Å². The highest BCUT2D eigenvalue weighted by Crippen LogP contribution is 2.38. The van der Waals surface area contributed by atoms with Crippen LogP contribution in [0.5, 0.6) is 0 Å². The molecule has 1 aromatic carbocycles. The lowest BCUT2D eigenvalue weighted by molar-refractivity contribution is 0.674. The summed E-state index contributed by atoms with van der Waals surface area (Å²) >= 11 is 6.20. The molecule has 0 aromatic heterocycles. The Morgan fingerprint density at radius 3 is 3.07 bits per heavy atom. The summed E-state index contributed by atoms with van der Waals surface area (Å²) in [4.78, 5) is 0. The molecule has 76 valence electrons. The predicted molar refractivity (Wildman–Crippen MR) is 61.3 cm³/mol. The van der Waals surface area contributed by atoms with E-state index in [1.54, 1.807) is 0 Å². The van der Waals surface area contributed by atoms with Gasteiger partial charge in [0.15, 0.2) is 0 Å². The second-order valence-corrected chi connectivity index (χ2v) is 4.20. The molecule has 0 saturated heterocycles. The number of aryl methyl sites for hydroxylation is 1. The fourth-order valence-corrected chi connectivity index (χ4v) is 2.40. The van der Waals surface area contributed by atoms with Gasteiger partial charge in [0, 0.05) is 35.3 Å². The summed E-state index contributed by atoms with van der Waals surface area (Å²) in [5.41, 5.74) is 3.79. The molecule has 0 amide bonds. The molecule has 0 fully saturated rings. The maximum atomic E-state index is 6.20. The fourth-order valence-electron chi connectivity index (χ4n) is 2.08. The Balaban J connectivity index is 2.42. The van der Waals surface area contributed by atoms with Gasteiger partial charge in [-0.05, 0) is 25.6 Å². The van der Waals surface area contributed by atoms with Crippen LogP contribution in [0.1, 0.15) is 17.0 Å². The van der Waals surface area contributed by atoms with E-state index in [9.17, 15) is 0 Å². The van der Waals surface area contributed by atoms with E-state index < -0.39 is 0 Å². The molecular formula is C11H15ClN2. The zero-order valence-electron chi connectivity index (χ0n) is 8.52. The second-order valence-electron chi connectivity index (χ2n) is 3.79. The average molecular weight is 211 g/mol. The molecule has 1 aliphatic rings. The molecule has 1 unspecified atom stereocenters. The van der Waals surface area contributed by atoms with E-state index in [1.807, 2.05) is 13.1 Å². The Labute approximate surface area is 89.7 Å². The first-order chi connectivity index (χ1) is 6.74. The van der Waals surface area contributed by atoms with Crippen molar-refractivity contribution in [1.82, 2.24) is 5.32 Å². The van der Waals surface area contributed by atoms with Crippen LogP contribution in [0.2, 0.25) is 5.02 Å². The number of nitrogens with one attached hydrogen (secondary N) is 2. The lowest BCUT2D eigenvalue weighted by Gasteiger charge is -2.11.